The molecule has 1 aromatic heterocycles. The summed E-state index contributed by atoms with van der Waals surface area (Å²) in [5.41, 5.74) is -0.510. The van der Waals surface area contributed by atoms with Gasteiger partial charge in [0.25, 0.3) is 0 Å². The van der Waals surface area contributed by atoms with Gasteiger partial charge in [-0.3, -0.25) is 0 Å². The normalized spacial score (nSPS) is 19.6. The molecule has 0 spiro atoms. The van der Waals surface area contributed by atoms with E-state index in [9.17, 15) is 5.11 Å². The predicted molar refractivity (Wildman–Crippen MR) is 68.0 cm³/mol. The summed E-state index contributed by atoms with van der Waals surface area (Å²) >= 11 is 7.58. The SMILES string of the molecule is OC1(CSc2ncccc2Cl)CCCCC1. The summed E-state index contributed by atoms with van der Waals surface area (Å²) in [5, 5.41) is 11.8. The molecular formula is C12H16ClNOS. The van der Waals surface area contributed by atoms with Crippen LogP contribution in [0.2, 0.25) is 5.02 Å². The fourth-order valence-corrected chi connectivity index (χ4v) is 3.35. The first-order valence-corrected chi connectivity index (χ1v) is 7.02. The predicted octanol–water partition coefficient (Wildman–Crippen LogP) is 3.52. The number of thioether (sulfide) groups is 1. The molecule has 88 valence electrons. The summed E-state index contributed by atoms with van der Waals surface area (Å²) in [6.45, 7) is 0. The summed E-state index contributed by atoms with van der Waals surface area (Å²) in [6, 6.07) is 3.66. The van der Waals surface area contributed by atoms with E-state index in [2.05, 4.69) is 4.98 Å². The molecule has 1 saturated carbocycles. The molecule has 2 nitrogen and oxygen atoms in total. The van der Waals surface area contributed by atoms with Gasteiger partial charge in [0.2, 0.25) is 0 Å². The molecule has 16 heavy (non-hydrogen) atoms. The average molecular weight is 258 g/mol. The number of rotatable bonds is 3. The van der Waals surface area contributed by atoms with Crippen LogP contribution in [-0.2, 0) is 0 Å². The lowest BCUT2D eigenvalue weighted by molar-refractivity contribution is 0.0272. The van der Waals surface area contributed by atoms with E-state index in [1.54, 1.807) is 18.0 Å². The van der Waals surface area contributed by atoms with E-state index in [-0.39, 0.29) is 0 Å². The van der Waals surface area contributed by atoms with Crippen molar-refractivity contribution in [2.24, 2.45) is 0 Å². The van der Waals surface area contributed by atoms with Gasteiger partial charge in [-0.25, -0.2) is 4.98 Å². The van der Waals surface area contributed by atoms with Gasteiger partial charge in [-0.15, -0.1) is 11.8 Å². The second-order valence-corrected chi connectivity index (χ2v) is 5.74. The number of hydrogen-bond acceptors (Lipinski definition) is 3. The van der Waals surface area contributed by atoms with E-state index in [0.29, 0.717) is 10.8 Å². The second kappa shape index (κ2) is 5.39. The van der Waals surface area contributed by atoms with E-state index in [4.69, 9.17) is 11.6 Å². The number of hydrogen-bond donors (Lipinski definition) is 1. The molecule has 1 heterocycles. The molecule has 2 rings (SSSR count). The van der Waals surface area contributed by atoms with Gasteiger partial charge in [-0.1, -0.05) is 30.9 Å². The Balaban J connectivity index is 1.94. The van der Waals surface area contributed by atoms with Crippen molar-refractivity contribution in [3.05, 3.63) is 23.4 Å². The number of nitrogens with zero attached hydrogens (tertiary/aromatic N) is 1. The molecular weight excluding hydrogens is 242 g/mol. The van der Waals surface area contributed by atoms with Crippen molar-refractivity contribution in [1.82, 2.24) is 4.98 Å². The van der Waals surface area contributed by atoms with Crippen LogP contribution in [0.3, 0.4) is 0 Å². The Morgan fingerprint density at radius 1 is 1.38 bits per heavy atom. The minimum Gasteiger partial charge on any atom is -0.389 e. The van der Waals surface area contributed by atoms with Gasteiger partial charge in [0.15, 0.2) is 0 Å². The summed E-state index contributed by atoms with van der Waals surface area (Å²) < 4.78 is 0. The first-order chi connectivity index (χ1) is 7.70. The number of pyridine rings is 1. The Hall–Kier alpha value is -0.250. The molecule has 1 aliphatic carbocycles. The topological polar surface area (TPSA) is 33.1 Å². The Bertz CT molecular complexity index is 353. The van der Waals surface area contributed by atoms with Crippen LogP contribution < -0.4 is 0 Å². The lowest BCUT2D eigenvalue weighted by Gasteiger charge is -2.31. The van der Waals surface area contributed by atoms with E-state index in [0.717, 1.165) is 30.7 Å². The van der Waals surface area contributed by atoms with Crippen molar-refractivity contribution < 1.29 is 5.11 Å². The molecule has 1 aliphatic rings. The van der Waals surface area contributed by atoms with Crippen molar-refractivity contribution in [2.45, 2.75) is 42.7 Å². The third kappa shape index (κ3) is 3.12. The van der Waals surface area contributed by atoms with Gasteiger partial charge < -0.3 is 5.11 Å². The fourth-order valence-electron chi connectivity index (χ4n) is 2.03. The van der Waals surface area contributed by atoms with Crippen LogP contribution in [0.5, 0.6) is 0 Å². The zero-order chi connectivity index (χ0) is 11.4. The van der Waals surface area contributed by atoms with Crippen LogP contribution in [0, 0.1) is 0 Å². The molecule has 0 saturated heterocycles. The average Bonchev–Trinajstić information content (AvgIpc) is 2.29. The maximum absolute atomic E-state index is 10.3. The van der Waals surface area contributed by atoms with Crippen LogP contribution in [-0.4, -0.2) is 21.4 Å². The van der Waals surface area contributed by atoms with Crippen molar-refractivity contribution in [3.8, 4) is 0 Å². The Labute approximate surface area is 105 Å². The van der Waals surface area contributed by atoms with E-state index in [1.165, 1.54) is 6.42 Å². The Morgan fingerprint density at radius 2 is 2.12 bits per heavy atom. The zero-order valence-electron chi connectivity index (χ0n) is 9.16. The number of aromatic nitrogens is 1. The van der Waals surface area contributed by atoms with Gasteiger partial charge in [0.1, 0.15) is 5.03 Å². The number of halogens is 1. The highest BCUT2D eigenvalue weighted by molar-refractivity contribution is 7.99. The lowest BCUT2D eigenvalue weighted by Crippen LogP contribution is -2.34. The van der Waals surface area contributed by atoms with E-state index >= 15 is 0 Å². The quantitative estimate of drug-likeness (QED) is 0.841. The third-order valence-electron chi connectivity index (χ3n) is 2.99. The standard InChI is InChI=1S/C12H16ClNOS/c13-10-5-4-8-14-11(10)16-9-12(15)6-2-1-3-7-12/h4-5,8,15H,1-3,6-7,9H2. The molecule has 0 unspecified atom stereocenters. The highest BCUT2D eigenvalue weighted by atomic mass is 35.5. The monoisotopic (exact) mass is 257 g/mol. The van der Waals surface area contributed by atoms with E-state index in [1.807, 2.05) is 12.1 Å². The first kappa shape index (κ1) is 12.2. The van der Waals surface area contributed by atoms with Crippen LogP contribution >= 0.6 is 23.4 Å². The minimum atomic E-state index is -0.510. The molecule has 0 aliphatic heterocycles. The Kier molecular flexibility index (Phi) is 4.11. The third-order valence-corrected chi connectivity index (χ3v) is 4.68. The largest absolute Gasteiger partial charge is 0.389 e. The first-order valence-electron chi connectivity index (χ1n) is 5.65. The molecule has 1 N–H and O–H groups in total. The van der Waals surface area contributed by atoms with Crippen LogP contribution in [0.4, 0.5) is 0 Å². The van der Waals surface area contributed by atoms with Gasteiger partial charge >= 0.3 is 0 Å². The maximum Gasteiger partial charge on any atom is 0.115 e. The van der Waals surface area contributed by atoms with Crippen LogP contribution in [0.25, 0.3) is 0 Å². The van der Waals surface area contributed by atoms with Gasteiger partial charge in [-0.05, 0) is 25.0 Å². The molecule has 0 amide bonds. The van der Waals surface area contributed by atoms with Crippen molar-refractivity contribution in [2.75, 3.05) is 5.75 Å². The summed E-state index contributed by atoms with van der Waals surface area (Å²) in [4.78, 5) is 4.21. The van der Waals surface area contributed by atoms with Gasteiger partial charge in [-0.2, -0.15) is 0 Å². The highest BCUT2D eigenvalue weighted by Gasteiger charge is 2.29. The van der Waals surface area contributed by atoms with Crippen molar-refractivity contribution >= 4 is 23.4 Å². The Morgan fingerprint density at radius 3 is 2.81 bits per heavy atom. The summed E-state index contributed by atoms with van der Waals surface area (Å²) in [6.07, 6.45) is 7.06. The molecule has 0 atom stereocenters. The van der Waals surface area contributed by atoms with E-state index < -0.39 is 5.60 Å². The molecule has 1 fully saturated rings. The number of aliphatic hydroxyl groups is 1. The zero-order valence-corrected chi connectivity index (χ0v) is 10.7. The lowest BCUT2D eigenvalue weighted by atomic mass is 9.86. The molecule has 1 aromatic rings. The summed E-state index contributed by atoms with van der Waals surface area (Å²) in [5.74, 6) is 0.698. The maximum atomic E-state index is 10.3. The van der Waals surface area contributed by atoms with Gasteiger partial charge in [0.05, 0.1) is 10.6 Å². The van der Waals surface area contributed by atoms with Gasteiger partial charge in [0, 0.05) is 11.9 Å². The minimum absolute atomic E-state index is 0.510. The fraction of sp³-hybridized carbons (Fsp3) is 0.583. The molecule has 0 bridgehead atoms. The molecule has 0 aromatic carbocycles. The highest BCUT2D eigenvalue weighted by Crippen LogP contribution is 2.34. The van der Waals surface area contributed by atoms with Crippen LogP contribution in [0.1, 0.15) is 32.1 Å². The summed E-state index contributed by atoms with van der Waals surface area (Å²) in [7, 11) is 0. The van der Waals surface area contributed by atoms with Crippen molar-refractivity contribution in [1.29, 1.82) is 0 Å². The molecule has 0 radical (unpaired) electrons. The van der Waals surface area contributed by atoms with Crippen LogP contribution in [0.15, 0.2) is 23.4 Å². The second-order valence-electron chi connectivity index (χ2n) is 4.36. The molecule has 4 heteroatoms. The van der Waals surface area contributed by atoms with Crippen molar-refractivity contribution in [3.63, 3.8) is 0 Å². The smallest absolute Gasteiger partial charge is 0.115 e.